The van der Waals surface area contributed by atoms with E-state index in [1.165, 1.54) is 0 Å². The lowest BCUT2D eigenvalue weighted by Crippen LogP contribution is -2.31. The molecule has 0 amide bonds. The highest BCUT2D eigenvalue weighted by Gasteiger charge is 2.30. The number of esters is 2. The Hall–Kier alpha value is -2.63. The van der Waals surface area contributed by atoms with Crippen LogP contribution >= 0.6 is 0 Å². The molecule has 0 unspecified atom stereocenters. The molecule has 0 aliphatic carbocycles. The van der Waals surface area contributed by atoms with Crippen molar-refractivity contribution in [2.24, 2.45) is 18.9 Å². The number of hydrogen-bond donors (Lipinski definition) is 0. The first-order valence-corrected chi connectivity index (χ1v) is 10.4. The topological polar surface area (TPSA) is 70.4 Å². The molecule has 0 aliphatic heterocycles. The fourth-order valence-electron chi connectivity index (χ4n) is 3.29. The van der Waals surface area contributed by atoms with Crippen molar-refractivity contribution >= 4 is 11.9 Å². The summed E-state index contributed by atoms with van der Waals surface area (Å²) in [5, 5.41) is 0. The highest BCUT2D eigenvalue weighted by atomic mass is 16.5. The average Bonchev–Trinajstić information content (AvgIpc) is 3.14. The van der Waals surface area contributed by atoms with Gasteiger partial charge in [-0.15, -0.1) is 0 Å². The summed E-state index contributed by atoms with van der Waals surface area (Å²) in [6.07, 6.45) is 6.88. The van der Waals surface area contributed by atoms with E-state index in [2.05, 4.69) is 4.98 Å². The molecule has 2 aromatic rings. The molecule has 1 aromatic carbocycles. The van der Waals surface area contributed by atoms with Gasteiger partial charge in [0.15, 0.2) is 0 Å². The summed E-state index contributed by atoms with van der Waals surface area (Å²) in [5.74, 6) is -0.987. The molecule has 0 aliphatic rings. The van der Waals surface area contributed by atoms with Gasteiger partial charge in [0.25, 0.3) is 0 Å². The maximum Gasteiger partial charge on any atom is 0.309 e. The van der Waals surface area contributed by atoms with Gasteiger partial charge in [0.2, 0.25) is 0 Å². The zero-order chi connectivity index (χ0) is 21.1. The van der Waals surface area contributed by atoms with Crippen molar-refractivity contribution in [3.63, 3.8) is 0 Å². The van der Waals surface area contributed by atoms with Crippen LogP contribution in [0, 0.1) is 11.8 Å². The van der Waals surface area contributed by atoms with Crippen LogP contribution in [0.15, 0.2) is 42.9 Å². The second-order valence-electron chi connectivity index (χ2n) is 7.35. The van der Waals surface area contributed by atoms with Gasteiger partial charge in [-0.05, 0) is 24.8 Å². The van der Waals surface area contributed by atoms with E-state index in [0.717, 1.165) is 24.1 Å². The number of rotatable bonds is 12. The van der Waals surface area contributed by atoms with Gasteiger partial charge in [-0.25, -0.2) is 4.98 Å². The molecule has 2 atom stereocenters. The molecular weight excluding hydrogens is 368 g/mol. The number of carbonyl (C=O) groups excluding carboxylic acids is 2. The normalized spacial score (nSPS) is 12.9. The lowest BCUT2D eigenvalue weighted by atomic mass is 9.87. The van der Waals surface area contributed by atoms with E-state index < -0.39 is 0 Å². The highest BCUT2D eigenvalue weighted by Crippen LogP contribution is 2.24. The Kier molecular flexibility index (Phi) is 9.41. The SMILES string of the molecule is CCCCC(=O)OC[C@@H](Cc1cncn1C)[C@H](CC)C(=O)OCc1ccccc1. The van der Waals surface area contributed by atoms with Crippen LogP contribution in [-0.2, 0) is 39.1 Å². The maximum atomic E-state index is 12.8. The zero-order valence-corrected chi connectivity index (χ0v) is 17.7. The summed E-state index contributed by atoms with van der Waals surface area (Å²) in [5.41, 5.74) is 1.94. The fourth-order valence-corrected chi connectivity index (χ4v) is 3.29. The Balaban J connectivity index is 2.04. The third kappa shape index (κ3) is 7.37. The second kappa shape index (κ2) is 12.0. The van der Waals surface area contributed by atoms with Crippen LogP contribution < -0.4 is 0 Å². The third-order valence-corrected chi connectivity index (χ3v) is 5.12. The second-order valence-corrected chi connectivity index (χ2v) is 7.35. The van der Waals surface area contributed by atoms with Crippen molar-refractivity contribution in [2.75, 3.05) is 6.61 Å². The Morgan fingerprint density at radius 3 is 2.52 bits per heavy atom. The maximum absolute atomic E-state index is 12.8. The van der Waals surface area contributed by atoms with Crippen LogP contribution in [0.4, 0.5) is 0 Å². The molecule has 0 saturated carbocycles. The lowest BCUT2D eigenvalue weighted by molar-refractivity contribution is -0.156. The van der Waals surface area contributed by atoms with Crippen LogP contribution in [0.25, 0.3) is 0 Å². The van der Waals surface area contributed by atoms with E-state index >= 15 is 0 Å². The summed E-state index contributed by atoms with van der Waals surface area (Å²) in [6, 6.07) is 9.62. The van der Waals surface area contributed by atoms with Crippen molar-refractivity contribution in [3.05, 3.63) is 54.1 Å². The summed E-state index contributed by atoms with van der Waals surface area (Å²) in [6.45, 7) is 4.44. The van der Waals surface area contributed by atoms with Crippen molar-refractivity contribution in [1.82, 2.24) is 9.55 Å². The minimum Gasteiger partial charge on any atom is -0.465 e. The third-order valence-electron chi connectivity index (χ3n) is 5.12. The van der Waals surface area contributed by atoms with E-state index in [1.54, 1.807) is 12.5 Å². The molecule has 0 saturated heterocycles. The first-order chi connectivity index (χ1) is 14.0. The molecule has 6 nitrogen and oxygen atoms in total. The molecule has 0 bridgehead atoms. The van der Waals surface area contributed by atoms with Crippen molar-refractivity contribution < 1.29 is 19.1 Å². The number of carbonyl (C=O) groups is 2. The Bertz CT molecular complexity index is 757. The Labute approximate surface area is 173 Å². The van der Waals surface area contributed by atoms with Crippen LogP contribution in [0.1, 0.15) is 50.8 Å². The number of imidazole rings is 1. The van der Waals surface area contributed by atoms with Gasteiger partial charge in [-0.3, -0.25) is 9.59 Å². The average molecular weight is 401 g/mol. The predicted octanol–water partition coefficient (Wildman–Crippen LogP) is 4.08. The molecule has 0 radical (unpaired) electrons. The van der Waals surface area contributed by atoms with Gasteiger partial charge in [0.05, 0.1) is 18.9 Å². The van der Waals surface area contributed by atoms with Crippen LogP contribution in [0.2, 0.25) is 0 Å². The molecule has 0 spiro atoms. The van der Waals surface area contributed by atoms with Crippen LogP contribution in [0.3, 0.4) is 0 Å². The highest BCUT2D eigenvalue weighted by molar-refractivity contribution is 5.73. The largest absolute Gasteiger partial charge is 0.465 e. The Morgan fingerprint density at radius 1 is 1.14 bits per heavy atom. The van der Waals surface area contributed by atoms with Gasteiger partial charge in [-0.2, -0.15) is 0 Å². The first-order valence-electron chi connectivity index (χ1n) is 10.4. The smallest absolute Gasteiger partial charge is 0.309 e. The van der Waals surface area contributed by atoms with E-state index in [4.69, 9.17) is 9.47 Å². The van der Waals surface area contributed by atoms with E-state index in [0.29, 0.717) is 19.3 Å². The molecule has 0 N–H and O–H groups in total. The standard InChI is InChI=1S/C23H32N2O4/c1-4-6-12-22(26)28-16-19(13-20-14-24-17-25(20)3)21(5-2)23(27)29-15-18-10-8-7-9-11-18/h7-11,14,17,19,21H,4-6,12-13,15-16H2,1-3H3/t19-,21+/m1/s1. The van der Waals surface area contributed by atoms with Crippen molar-refractivity contribution in [2.45, 2.75) is 52.6 Å². The number of aromatic nitrogens is 2. The molecule has 6 heteroatoms. The summed E-state index contributed by atoms with van der Waals surface area (Å²) in [4.78, 5) is 29.0. The molecular formula is C23H32N2O4. The monoisotopic (exact) mass is 400 g/mol. The molecule has 158 valence electrons. The Morgan fingerprint density at radius 2 is 1.90 bits per heavy atom. The van der Waals surface area contributed by atoms with E-state index in [1.807, 2.05) is 55.8 Å². The predicted molar refractivity (Wildman–Crippen MR) is 111 cm³/mol. The molecule has 1 heterocycles. The quantitative estimate of drug-likeness (QED) is 0.502. The van der Waals surface area contributed by atoms with Gasteiger partial charge >= 0.3 is 11.9 Å². The van der Waals surface area contributed by atoms with Gasteiger partial charge < -0.3 is 14.0 Å². The number of ether oxygens (including phenoxy) is 2. The van der Waals surface area contributed by atoms with E-state index in [9.17, 15) is 9.59 Å². The molecule has 1 aromatic heterocycles. The van der Waals surface area contributed by atoms with Crippen LogP contribution in [-0.4, -0.2) is 28.1 Å². The van der Waals surface area contributed by atoms with Gasteiger partial charge in [0.1, 0.15) is 6.61 Å². The number of benzene rings is 1. The number of aryl methyl sites for hydroxylation is 1. The van der Waals surface area contributed by atoms with Gasteiger partial charge in [0, 0.05) is 31.3 Å². The number of unbranched alkanes of at least 4 members (excludes halogenated alkanes) is 1. The fraction of sp³-hybridized carbons (Fsp3) is 0.522. The van der Waals surface area contributed by atoms with Crippen LogP contribution in [0.5, 0.6) is 0 Å². The van der Waals surface area contributed by atoms with Crippen molar-refractivity contribution in [1.29, 1.82) is 0 Å². The van der Waals surface area contributed by atoms with Crippen molar-refractivity contribution in [3.8, 4) is 0 Å². The number of nitrogens with zero attached hydrogens (tertiary/aromatic N) is 2. The summed E-state index contributed by atoms with van der Waals surface area (Å²) >= 11 is 0. The molecule has 2 rings (SSSR count). The lowest BCUT2D eigenvalue weighted by Gasteiger charge is -2.25. The molecule has 0 fully saturated rings. The summed E-state index contributed by atoms with van der Waals surface area (Å²) < 4.78 is 13.0. The van der Waals surface area contributed by atoms with Gasteiger partial charge in [-0.1, -0.05) is 50.6 Å². The minimum absolute atomic E-state index is 0.163. The zero-order valence-electron chi connectivity index (χ0n) is 17.7. The minimum atomic E-state index is -0.354. The van der Waals surface area contributed by atoms with E-state index in [-0.39, 0.29) is 37.0 Å². The first kappa shape index (κ1) is 22.7. The number of hydrogen-bond acceptors (Lipinski definition) is 5. The summed E-state index contributed by atoms with van der Waals surface area (Å²) in [7, 11) is 1.92. The molecule has 29 heavy (non-hydrogen) atoms.